The van der Waals surface area contributed by atoms with Crippen LogP contribution < -0.4 is 0 Å². The summed E-state index contributed by atoms with van der Waals surface area (Å²) in [5.74, 6) is -0.907. The molecular formula is C48H80O10. The molecule has 0 radical (unpaired) electrons. The van der Waals surface area contributed by atoms with Gasteiger partial charge in [-0.2, -0.15) is 0 Å². The summed E-state index contributed by atoms with van der Waals surface area (Å²) < 4.78 is 22.1. The number of hydrogen-bond donors (Lipinski definition) is 4. The molecule has 0 amide bonds. The van der Waals surface area contributed by atoms with Crippen molar-refractivity contribution in [1.29, 1.82) is 0 Å². The van der Waals surface area contributed by atoms with Crippen LogP contribution in [-0.2, 0) is 28.5 Å². The van der Waals surface area contributed by atoms with Gasteiger partial charge in [-0.15, -0.1) is 0 Å². The number of unbranched alkanes of at least 4 members (excludes halogenated alkanes) is 13. The maximum Gasteiger partial charge on any atom is 0.306 e. The standard InChI is InChI=1S/C48H80O10/c1-3-5-7-9-11-13-15-17-19-20-21-22-23-25-26-28-30-32-34-36-43(50)55-39-41(40-56-48-47(54)46(53)45(52)42(38-49)58-48)57-44(51)37-35-33-31-29-27-24-18-16-14-12-10-8-6-4-2/h5,7,11,13,17,19,21-22,25-26,30,32,41-42,45-49,52-54H,3-4,6,8-10,12,14-16,18,20,23-24,27-29,31,33-40H2,1-2H3/b7-5+,13-11+,19-17+,22-21+,26-25+,32-30+/t41-,42-,45+,46?,47?,48-/m0/s1. The molecular weight excluding hydrogens is 737 g/mol. The SMILES string of the molecule is CC/C=C/C/C=C/C/C=C/C/C=C/C/C=C/C/C=C/CCC(=O)OC[C@@H](CO[C@H]1O[C@@H](CO)[C@@H](O)C(O)C1O)OC(=O)CCCCCCCCCCCCCCCC. The lowest BCUT2D eigenvalue weighted by molar-refractivity contribution is -0.305. The van der Waals surface area contributed by atoms with E-state index in [4.69, 9.17) is 18.9 Å². The molecule has 0 spiro atoms. The van der Waals surface area contributed by atoms with Crippen molar-refractivity contribution in [3.8, 4) is 0 Å². The van der Waals surface area contributed by atoms with E-state index in [0.29, 0.717) is 12.8 Å². The van der Waals surface area contributed by atoms with Gasteiger partial charge in [-0.25, -0.2) is 0 Å². The fourth-order valence-electron chi connectivity index (χ4n) is 6.33. The lowest BCUT2D eigenvalue weighted by Crippen LogP contribution is -2.59. The molecule has 0 aromatic heterocycles. The molecule has 1 aliphatic rings. The predicted molar refractivity (Wildman–Crippen MR) is 233 cm³/mol. The van der Waals surface area contributed by atoms with Gasteiger partial charge in [0.2, 0.25) is 0 Å². The lowest BCUT2D eigenvalue weighted by atomic mass is 9.99. The Balaban J connectivity index is 2.39. The second-order valence-electron chi connectivity index (χ2n) is 15.1. The highest BCUT2D eigenvalue weighted by molar-refractivity contribution is 5.70. The molecule has 0 aromatic carbocycles. The van der Waals surface area contributed by atoms with Crippen LogP contribution in [0, 0.1) is 0 Å². The third-order valence-electron chi connectivity index (χ3n) is 9.87. The monoisotopic (exact) mass is 817 g/mol. The average molecular weight is 817 g/mol. The van der Waals surface area contributed by atoms with E-state index in [1.807, 2.05) is 12.2 Å². The smallest absolute Gasteiger partial charge is 0.306 e. The molecule has 1 saturated heterocycles. The second-order valence-corrected chi connectivity index (χ2v) is 15.1. The van der Waals surface area contributed by atoms with Gasteiger partial charge in [0.25, 0.3) is 0 Å². The van der Waals surface area contributed by atoms with Gasteiger partial charge in [-0.3, -0.25) is 9.59 Å². The van der Waals surface area contributed by atoms with Crippen LogP contribution in [0.15, 0.2) is 72.9 Å². The number of carbonyl (C=O) groups is 2. The first kappa shape index (κ1) is 53.2. The highest BCUT2D eigenvalue weighted by Gasteiger charge is 2.44. The highest BCUT2D eigenvalue weighted by atomic mass is 16.7. The van der Waals surface area contributed by atoms with Gasteiger partial charge in [0.05, 0.1) is 13.2 Å². The number of carbonyl (C=O) groups excluding carboxylic acids is 2. The van der Waals surface area contributed by atoms with E-state index < -0.39 is 55.4 Å². The molecule has 58 heavy (non-hydrogen) atoms. The van der Waals surface area contributed by atoms with E-state index >= 15 is 0 Å². The van der Waals surface area contributed by atoms with Crippen LogP contribution in [0.4, 0.5) is 0 Å². The van der Waals surface area contributed by atoms with Crippen LogP contribution in [0.25, 0.3) is 0 Å². The Morgan fingerprint density at radius 3 is 1.50 bits per heavy atom. The summed E-state index contributed by atoms with van der Waals surface area (Å²) in [6, 6.07) is 0. The fraction of sp³-hybridized carbons (Fsp3) is 0.708. The molecule has 2 unspecified atom stereocenters. The summed E-state index contributed by atoms with van der Waals surface area (Å²) in [6.45, 7) is 3.22. The van der Waals surface area contributed by atoms with Gasteiger partial charge < -0.3 is 39.4 Å². The molecule has 0 aliphatic carbocycles. The number of rotatable bonds is 36. The van der Waals surface area contributed by atoms with Crippen LogP contribution in [0.5, 0.6) is 0 Å². The Morgan fingerprint density at radius 1 is 0.552 bits per heavy atom. The number of aliphatic hydroxyl groups excluding tert-OH is 4. The van der Waals surface area contributed by atoms with E-state index in [9.17, 15) is 30.0 Å². The molecule has 4 N–H and O–H groups in total. The zero-order valence-electron chi connectivity index (χ0n) is 36.0. The third kappa shape index (κ3) is 29.4. The summed E-state index contributed by atoms with van der Waals surface area (Å²) in [7, 11) is 0. The van der Waals surface area contributed by atoms with Crippen LogP contribution in [0.3, 0.4) is 0 Å². The summed E-state index contributed by atoms with van der Waals surface area (Å²) in [5, 5.41) is 40.1. The van der Waals surface area contributed by atoms with E-state index in [0.717, 1.165) is 57.8 Å². The van der Waals surface area contributed by atoms with Gasteiger partial charge in [-0.05, 0) is 51.4 Å². The zero-order chi connectivity index (χ0) is 42.3. The normalized spacial score (nSPS) is 20.8. The Bertz CT molecular complexity index is 1170. The molecule has 1 fully saturated rings. The Kier molecular flexibility index (Phi) is 35.1. The summed E-state index contributed by atoms with van der Waals surface area (Å²) >= 11 is 0. The first-order valence-electron chi connectivity index (χ1n) is 22.5. The van der Waals surface area contributed by atoms with Crippen LogP contribution in [0.1, 0.15) is 162 Å². The van der Waals surface area contributed by atoms with Crippen LogP contribution >= 0.6 is 0 Å². The minimum absolute atomic E-state index is 0.148. The Labute approximate surface area is 351 Å². The molecule has 1 heterocycles. The van der Waals surface area contributed by atoms with Crippen LogP contribution in [0.2, 0.25) is 0 Å². The zero-order valence-corrected chi connectivity index (χ0v) is 36.0. The van der Waals surface area contributed by atoms with E-state index in [1.165, 1.54) is 64.2 Å². The molecule has 0 aromatic rings. The third-order valence-corrected chi connectivity index (χ3v) is 9.87. The second kappa shape index (κ2) is 38.3. The van der Waals surface area contributed by atoms with Gasteiger partial charge >= 0.3 is 11.9 Å². The van der Waals surface area contributed by atoms with Crippen molar-refractivity contribution >= 4 is 11.9 Å². The van der Waals surface area contributed by atoms with Crippen molar-refractivity contribution in [2.75, 3.05) is 19.8 Å². The van der Waals surface area contributed by atoms with Crippen molar-refractivity contribution in [3.05, 3.63) is 72.9 Å². The van der Waals surface area contributed by atoms with Crippen molar-refractivity contribution < 1.29 is 49.0 Å². The van der Waals surface area contributed by atoms with Crippen LogP contribution in [-0.4, -0.2) is 89.0 Å². The Hall–Kier alpha value is -2.86. The number of hydrogen-bond acceptors (Lipinski definition) is 10. The molecule has 0 bridgehead atoms. The first-order valence-corrected chi connectivity index (χ1v) is 22.5. The molecule has 10 heteroatoms. The molecule has 332 valence electrons. The van der Waals surface area contributed by atoms with Gasteiger partial charge in [-0.1, -0.05) is 170 Å². The van der Waals surface area contributed by atoms with Crippen molar-refractivity contribution in [2.24, 2.45) is 0 Å². The quantitative estimate of drug-likeness (QED) is 0.0273. The van der Waals surface area contributed by atoms with E-state index in [2.05, 4.69) is 74.6 Å². The molecule has 1 aliphatic heterocycles. The number of aliphatic hydroxyl groups is 4. The minimum atomic E-state index is -1.61. The van der Waals surface area contributed by atoms with E-state index in [1.54, 1.807) is 0 Å². The van der Waals surface area contributed by atoms with Crippen molar-refractivity contribution in [2.45, 2.75) is 198 Å². The highest BCUT2D eigenvalue weighted by Crippen LogP contribution is 2.22. The summed E-state index contributed by atoms with van der Waals surface area (Å²) in [5.41, 5.74) is 0. The predicted octanol–water partition coefficient (Wildman–Crippen LogP) is 9.61. The summed E-state index contributed by atoms with van der Waals surface area (Å²) in [6.07, 6.45) is 40.6. The van der Waals surface area contributed by atoms with Crippen molar-refractivity contribution in [3.63, 3.8) is 0 Å². The van der Waals surface area contributed by atoms with E-state index in [-0.39, 0.29) is 26.1 Å². The Morgan fingerprint density at radius 2 is 1.02 bits per heavy atom. The molecule has 0 saturated carbocycles. The minimum Gasteiger partial charge on any atom is -0.462 e. The number of ether oxygens (including phenoxy) is 4. The van der Waals surface area contributed by atoms with Gasteiger partial charge in [0.15, 0.2) is 12.4 Å². The number of esters is 2. The molecule has 6 atom stereocenters. The molecule has 10 nitrogen and oxygen atoms in total. The molecule has 1 rings (SSSR count). The van der Waals surface area contributed by atoms with Gasteiger partial charge in [0.1, 0.15) is 31.0 Å². The summed E-state index contributed by atoms with van der Waals surface area (Å²) in [4.78, 5) is 25.3. The van der Waals surface area contributed by atoms with Gasteiger partial charge in [0, 0.05) is 12.8 Å². The topological polar surface area (TPSA) is 152 Å². The fourth-order valence-corrected chi connectivity index (χ4v) is 6.33. The largest absolute Gasteiger partial charge is 0.462 e. The maximum absolute atomic E-state index is 12.8. The number of allylic oxidation sites excluding steroid dienone is 12. The van der Waals surface area contributed by atoms with Crippen molar-refractivity contribution in [1.82, 2.24) is 0 Å². The lowest BCUT2D eigenvalue weighted by Gasteiger charge is -2.39. The maximum atomic E-state index is 12.8. The average Bonchev–Trinajstić information content (AvgIpc) is 3.22. The first-order chi connectivity index (χ1) is 28.3.